The van der Waals surface area contributed by atoms with E-state index in [4.69, 9.17) is 10.8 Å². The normalized spacial score (nSPS) is 9.15. The van der Waals surface area contributed by atoms with Crippen LogP contribution < -0.4 is 5.73 Å². The molecule has 0 aliphatic rings. The van der Waals surface area contributed by atoms with Crippen LogP contribution in [0.15, 0.2) is 18.2 Å². The van der Waals surface area contributed by atoms with Crippen LogP contribution in [0.25, 0.3) is 0 Å². The van der Waals surface area contributed by atoms with Crippen LogP contribution in [-0.4, -0.2) is 11.7 Å². The van der Waals surface area contributed by atoms with Gasteiger partial charge in [-0.2, -0.15) is 0 Å². The molecule has 1 aromatic carbocycles. The van der Waals surface area contributed by atoms with Gasteiger partial charge in [-0.3, -0.25) is 0 Å². The minimum absolute atomic E-state index is 0.0748. The van der Waals surface area contributed by atoms with Crippen LogP contribution in [0.1, 0.15) is 16.7 Å². The van der Waals surface area contributed by atoms with E-state index in [0.717, 1.165) is 16.7 Å². The van der Waals surface area contributed by atoms with E-state index in [0.29, 0.717) is 6.54 Å². The first-order valence-corrected chi connectivity index (χ1v) is 4.17. The van der Waals surface area contributed by atoms with Gasteiger partial charge < -0.3 is 10.8 Å². The summed E-state index contributed by atoms with van der Waals surface area (Å²) in [5.74, 6) is 5.77. The van der Waals surface area contributed by atoms with Crippen molar-refractivity contribution >= 4 is 0 Å². The first-order chi connectivity index (χ1) is 6.27. The lowest BCUT2D eigenvalue weighted by Crippen LogP contribution is -1.94. The van der Waals surface area contributed by atoms with E-state index in [2.05, 4.69) is 11.8 Å². The van der Waals surface area contributed by atoms with Gasteiger partial charge in [0.1, 0.15) is 0 Å². The summed E-state index contributed by atoms with van der Waals surface area (Å²) in [6.07, 6.45) is 0. The Hall–Kier alpha value is -1.30. The summed E-state index contributed by atoms with van der Waals surface area (Å²) in [5.41, 5.74) is 8.23. The summed E-state index contributed by atoms with van der Waals surface area (Å²) >= 11 is 0. The predicted molar refractivity (Wildman–Crippen MR) is 53.0 cm³/mol. The monoisotopic (exact) mass is 175 g/mol. The van der Waals surface area contributed by atoms with Gasteiger partial charge in [0.25, 0.3) is 0 Å². The fourth-order valence-electron chi connectivity index (χ4n) is 1.11. The first kappa shape index (κ1) is 9.79. The maximum absolute atomic E-state index is 8.87. The van der Waals surface area contributed by atoms with Crippen molar-refractivity contribution in [3.8, 4) is 11.8 Å². The third kappa shape index (κ3) is 2.59. The van der Waals surface area contributed by atoms with Gasteiger partial charge >= 0.3 is 0 Å². The van der Waals surface area contributed by atoms with Crippen molar-refractivity contribution in [2.75, 3.05) is 6.54 Å². The molecule has 0 saturated heterocycles. The molecule has 0 aliphatic carbocycles. The van der Waals surface area contributed by atoms with Crippen LogP contribution in [0, 0.1) is 18.8 Å². The molecule has 3 N–H and O–H groups in total. The number of aryl methyl sites for hydroxylation is 1. The number of rotatable bonds is 1. The first-order valence-electron chi connectivity index (χ1n) is 4.17. The Bertz CT molecular complexity index is 347. The zero-order chi connectivity index (χ0) is 9.68. The maximum atomic E-state index is 8.87. The van der Waals surface area contributed by atoms with E-state index in [-0.39, 0.29) is 6.61 Å². The fourth-order valence-corrected chi connectivity index (χ4v) is 1.11. The Morgan fingerprint density at radius 1 is 1.46 bits per heavy atom. The molecule has 13 heavy (non-hydrogen) atoms. The molecule has 68 valence electrons. The van der Waals surface area contributed by atoms with Gasteiger partial charge in [0, 0.05) is 5.56 Å². The molecule has 0 heterocycles. The molecule has 0 bridgehead atoms. The highest BCUT2D eigenvalue weighted by atomic mass is 16.3. The molecule has 0 saturated carbocycles. The van der Waals surface area contributed by atoms with E-state index in [1.165, 1.54) is 0 Å². The number of nitrogens with two attached hydrogens (primary N) is 1. The Morgan fingerprint density at radius 3 is 2.77 bits per heavy atom. The summed E-state index contributed by atoms with van der Waals surface area (Å²) in [4.78, 5) is 0. The zero-order valence-electron chi connectivity index (χ0n) is 7.67. The van der Waals surface area contributed by atoms with E-state index < -0.39 is 0 Å². The van der Waals surface area contributed by atoms with Crippen molar-refractivity contribution in [2.24, 2.45) is 5.73 Å². The van der Waals surface area contributed by atoms with Gasteiger partial charge in [0.15, 0.2) is 0 Å². The summed E-state index contributed by atoms with van der Waals surface area (Å²) in [7, 11) is 0. The van der Waals surface area contributed by atoms with E-state index in [1.54, 1.807) is 0 Å². The second-order valence-corrected chi connectivity index (χ2v) is 2.81. The molecular formula is C11H13NO. The van der Waals surface area contributed by atoms with Crippen LogP contribution in [0.4, 0.5) is 0 Å². The molecule has 0 atom stereocenters. The molecule has 1 aromatic rings. The summed E-state index contributed by atoms with van der Waals surface area (Å²) in [6.45, 7) is 2.42. The molecule has 0 radical (unpaired) electrons. The number of hydrogen-bond acceptors (Lipinski definition) is 2. The van der Waals surface area contributed by atoms with Gasteiger partial charge in [0.05, 0.1) is 13.2 Å². The molecule has 2 nitrogen and oxygen atoms in total. The quantitative estimate of drug-likeness (QED) is 0.620. The Labute approximate surface area is 78.4 Å². The maximum Gasteiger partial charge on any atom is 0.0681 e. The average Bonchev–Trinajstić information content (AvgIpc) is 2.16. The lowest BCUT2D eigenvalue weighted by molar-refractivity contribution is 0.282. The number of benzene rings is 1. The average molecular weight is 175 g/mol. The predicted octanol–water partition coefficient (Wildman–Crippen LogP) is 0.798. The molecule has 0 amide bonds. The van der Waals surface area contributed by atoms with Crippen molar-refractivity contribution in [3.63, 3.8) is 0 Å². The second-order valence-electron chi connectivity index (χ2n) is 2.81. The zero-order valence-corrected chi connectivity index (χ0v) is 7.67. The van der Waals surface area contributed by atoms with Crippen LogP contribution in [0.5, 0.6) is 0 Å². The van der Waals surface area contributed by atoms with Crippen molar-refractivity contribution in [1.82, 2.24) is 0 Å². The van der Waals surface area contributed by atoms with Crippen molar-refractivity contribution in [2.45, 2.75) is 13.5 Å². The molecule has 0 fully saturated rings. The smallest absolute Gasteiger partial charge is 0.0681 e. The van der Waals surface area contributed by atoms with Gasteiger partial charge in [0.2, 0.25) is 0 Å². The Balaban J connectivity index is 2.98. The molecule has 1 rings (SSSR count). The molecule has 0 unspecified atom stereocenters. The number of aliphatic hydroxyl groups excluding tert-OH is 1. The van der Waals surface area contributed by atoms with Gasteiger partial charge in [-0.15, -0.1) is 0 Å². The number of hydrogen-bond donors (Lipinski definition) is 2. The van der Waals surface area contributed by atoms with Crippen LogP contribution >= 0.6 is 0 Å². The van der Waals surface area contributed by atoms with E-state index in [1.807, 2.05) is 25.1 Å². The molecule has 2 heteroatoms. The third-order valence-electron chi connectivity index (χ3n) is 1.80. The number of aliphatic hydroxyl groups is 1. The molecule has 0 spiro atoms. The van der Waals surface area contributed by atoms with E-state index >= 15 is 0 Å². The third-order valence-corrected chi connectivity index (χ3v) is 1.80. The minimum atomic E-state index is 0.0748. The lowest BCUT2D eigenvalue weighted by atomic mass is 10.1. The fraction of sp³-hybridized carbons (Fsp3) is 0.273. The highest BCUT2D eigenvalue weighted by Gasteiger charge is 1.95. The van der Waals surface area contributed by atoms with Gasteiger partial charge in [-0.25, -0.2) is 0 Å². The second kappa shape index (κ2) is 4.66. The largest absolute Gasteiger partial charge is 0.392 e. The van der Waals surface area contributed by atoms with Crippen molar-refractivity contribution < 1.29 is 5.11 Å². The standard InChI is InChI=1S/C11H13NO/c1-9-7-10(8-13)4-5-11(9)3-2-6-12/h4-5,7,13H,6,8,12H2,1H3. The Kier molecular flexibility index (Phi) is 3.51. The molecule has 0 aliphatic heterocycles. The minimum Gasteiger partial charge on any atom is -0.392 e. The van der Waals surface area contributed by atoms with Gasteiger partial charge in [-0.05, 0) is 24.1 Å². The molecular weight excluding hydrogens is 162 g/mol. The lowest BCUT2D eigenvalue weighted by Gasteiger charge is -2.00. The topological polar surface area (TPSA) is 46.2 Å². The van der Waals surface area contributed by atoms with Crippen LogP contribution in [0.3, 0.4) is 0 Å². The SMILES string of the molecule is Cc1cc(CO)ccc1C#CCN. The summed E-state index contributed by atoms with van der Waals surface area (Å²) in [5, 5.41) is 8.87. The molecule has 0 aromatic heterocycles. The van der Waals surface area contributed by atoms with Crippen molar-refractivity contribution in [1.29, 1.82) is 0 Å². The Morgan fingerprint density at radius 2 is 2.23 bits per heavy atom. The van der Waals surface area contributed by atoms with Crippen LogP contribution in [0.2, 0.25) is 0 Å². The highest BCUT2D eigenvalue weighted by Crippen LogP contribution is 2.09. The van der Waals surface area contributed by atoms with E-state index in [9.17, 15) is 0 Å². The summed E-state index contributed by atoms with van der Waals surface area (Å²) in [6, 6.07) is 5.71. The highest BCUT2D eigenvalue weighted by molar-refractivity contribution is 5.42. The summed E-state index contributed by atoms with van der Waals surface area (Å²) < 4.78 is 0. The van der Waals surface area contributed by atoms with Crippen LogP contribution in [-0.2, 0) is 6.61 Å². The van der Waals surface area contributed by atoms with Crippen molar-refractivity contribution in [3.05, 3.63) is 34.9 Å². The van der Waals surface area contributed by atoms with Gasteiger partial charge in [-0.1, -0.05) is 24.0 Å².